The van der Waals surface area contributed by atoms with Gasteiger partial charge < -0.3 is 4.90 Å². The number of unbranched alkanes of at least 4 members (excludes halogenated alkanes) is 5. The van der Waals surface area contributed by atoms with Gasteiger partial charge in [-0.05, 0) is 32.1 Å². The topological polar surface area (TPSA) is 20.3 Å². The van der Waals surface area contributed by atoms with E-state index in [2.05, 4.69) is 27.8 Å². The summed E-state index contributed by atoms with van der Waals surface area (Å²) in [6.07, 6.45) is 13.1. The molecule has 1 atom stereocenters. The van der Waals surface area contributed by atoms with E-state index in [0.717, 1.165) is 31.1 Å². The van der Waals surface area contributed by atoms with Gasteiger partial charge >= 0.3 is 0 Å². The summed E-state index contributed by atoms with van der Waals surface area (Å²) in [4.78, 5) is 14.4. The predicted octanol–water partition coefficient (Wildman–Crippen LogP) is 4.90. The Labute approximate surface area is 127 Å². The summed E-state index contributed by atoms with van der Waals surface area (Å²) in [6, 6.07) is 0.501. The number of likely N-dealkylation sites (tertiary alicyclic amines) is 1. The molecule has 19 heavy (non-hydrogen) atoms. The van der Waals surface area contributed by atoms with Crippen LogP contribution in [0.25, 0.3) is 0 Å². The Kier molecular flexibility index (Phi) is 9.58. The summed E-state index contributed by atoms with van der Waals surface area (Å²) in [5.41, 5.74) is 0. The maximum Gasteiger partial charge on any atom is 0.222 e. The van der Waals surface area contributed by atoms with Crippen molar-refractivity contribution in [3.63, 3.8) is 0 Å². The summed E-state index contributed by atoms with van der Waals surface area (Å²) in [7, 11) is 0. The van der Waals surface area contributed by atoms with Crippen molar-refractivity contribution in [2.45, 2.75) is 83.6 Å². The number of rotatable bonds is 9. The van der Waals surface area contributed by atoms with E-state index >= 15 is 0 Å². The van der Waals surface area contributed by atoms with Crippen molar-refractivity contribution >= 4 is 21.8 Å². The number of hydrogen-bond acceptors (Lipinski definition) is 1. The monoisotopic (exact) mass is 331 g/mol. The van der Waals surface area contributed by atoms with E-state index < -0.39 is 0 Å². The van der Waals surface area contributed by atoms with Crippen LogP contribution in [-0.4, -0.2) is 28.7 Å². The molecule has 0 bridgehead atoms. The Morgan fingerprint density at radius 1 is 1.16 bits per heavy atom. The van der Waals surface area contributed by atoms with Gasteiger partial charge in [0.05, 0.1) is 0 Å². The quantitative estimate of drug-likeness (QED) is 0.434. The molecule has 3 heteroatoms. The van der Waals surface area contributed by atoms with Gasteiger partial charge in [0.15, 0.2) is 0 Å². The number of nitrogens with zero attached hydrogens (tertiary/aromatic N) is 1. The highest BCUT2D eigenvalue weighted by atomic mass is 79.9. The molecule has 1 aliphatic rings. The summed E-state index contributed by atoms with van der Waals surface area (Å²) in [5.74, 6) is 0.404. The molecule has 0 aromatic carbocycles. The summed E-state index contributed by atoms with van der Waals surface area (Å²) >= 11 is 3.51. The van der Waals surface area contributed by atoms with Crippen LogP contribution in [0.1, 0.15) is 77.6 Å². The molecule has 1 heterocycles. The third-order valence-corrected chi connectivity index (χ3v) is 4.59. The summed E-state index contributed by atoms with van der Waals surface area (Å²) in [6.45, 7) is 3.23. The molecular formula is C16H30BrNO. The highest BCUT2D eigenvalue weighted by molar-refractivity contribution is 9.09. The van der Waals surface area contributed by atoms with Crippen molar-refractivity contribution in [2.24, 2.45) is 0 Å². The molecule has 0 saturated carbocycles. The molecule has 0 aromatic heterocycles. The minimum atomic E-state index is 0.404. The maximum atomic E-state index is 12.3. The predicted molar refractivity (Wildman–Crippen MR) is 85.8 cm³/mol. The average molecular weight is 332 g/mol. The van der Waals surface area contributed by atoms with Crippen molar-refractivity contribution in [1.29, 1.82) is 0 Å². The second kappa shape index (κ2) is 10.7. The van der Waals surface area contributed by atoms with Crippen LogP contribution >= 0.6 is 15.9 Å². The third kappa shape index (κ3) is 6.78. The molecule has 1 saturated heterocycles. The Morgan fingerprint density at radius 3 is 2.63 bits per heavy atom. The molecule has 0 spiro atoms. The van der Waals surface area contributed by atoms with Gasteiger partial charge in [0.2, 0.25) is 5.91 Å². The standard InChI is InChI=1S/C16H30BrNO/c1-2-3-4-5-6-7-11-16(19)18-14-9-8-10-15(18)12-13-17/h15H,2-14H2,1H3. The van der Waals surface area contributed by atoms with E-state index in [-0.39, 0.29) is 0 Å². The number of carbonyl (C=O) groups excluding carboxylic acids is 1. The Bertz CT molecular complexity index is 243. The first kappa shape index (κ1) is 17.0. The number of amides is 1. The van der Waals surface area contributed by atoms with Crippen molar-refractivity contribution in [1.82, 2.24) is 4.90 Å². The Hall–Kier alpha value is -0.0500. The fourth-order valence-corrected chi connectivity index (χ4v) is 3.48. The van der Waals surface area contributed by atoms with Crippen molar-refractivity contribution in [3.05, 3.63) is 0 Å². The number of halogens is 1. The lowest BCUT2D eigenvalue weighted by atomic mass is 9.99. The van der Waals surface area contributed by atoms with Crippen LogP contribution in [0.15, 0.2) is 0 Å². The molecule has 0 radical (unpaired) electrons. The second-order valence-corrected chi connectivity index (χ2v) is 6.53. The molecule has 0 N–H and O–H groups in total. The van der Waals surface area contributed by atoms with Crippen LogP contribution in [0.5, 0.6) is 0 Å². The number of piperidine rings is 1. The van der Waals surface area contributed by atoms with Crippen LogP contribution in [0.3, 0.4) is 0 Å². The van der Waals surface area contributed by atoms with Crippen molar-refractivity contribution in [3.8, 4) is 0 Å². The van der Waals surface area contributed by atoms with E-state index in [1.54, 1.807) is 0 Å². The fourth-order valence-electron chi connectivity index (χ4n) is 2.96. The zero-order chi connectivity index (χ0) is 13.9. The normalized spacial score (nSPS) is 19.7. The second-order valence-electron chi connectivity index (χ2n) is 5.73. The fraction of sp³-hybridized carbons (Fsp3) is 0.938. The molecule has 1 unspecified atom stereocenters. The van der Waals surface area contributed by atoms with Gasteiger partial charge in [-0.2, -0.15) is 0 Å². The summed E-state index contributed by atoms with van der Waals surface area (Å²) < 4.78 is 0. The van der Waals surface area contributed by atoms with Gasteiger partial charge in [0.25, 0.3) is 0 Å². The highest BCUT2D eigenvalue weighted by Gasteiger charge is 2.25. The first-order valence-electron chi connectivity index (χ1n) is 8.15. The Morgan fingerprint density at radius 2 is 1.89 bits per heavy atom. The first-order valence-corrected chi connectivity index (χ1v) is 9.27. The molecule has 1 amide bonds. The van der Waals surface area contributed by atoms with Crippen molar-refractivity contribution < 1.29 is 4.79 Å². The van der Waals surface area contributed by atoms with E-state index in [4.69, 9.17) is 0 Å². The molecule has 2 nitrogen and oxygen atoms in total. The summed E-state index contributed by atoms with van der Waals surface area (Å²) in [5, 5.41) is 1.01. The van der Waals surface area contributed by atoms with Crippen LogP contribution in [0.4, 0.5) is 0 Å². The van der Waals surface area contributed by atoms with Gasteiger partial charge in [0, 0.05) is 24.3 Å². The largest absolute Gasteiger partial charge is 0.340 e. The van der Waals surface area contributed by atoms with Crippen LogP contribution in [-0.2, 0) is 4.79 Å². The van der Waals surface area contributed by atoms with Gasteiger partial charge in [-0.15, -0.1) is 0 Å². The zero-order valence-electron chi connectivity index (χ0n) is 12.5. The molecular weight excluding hydrogens is 302 g/mol. The maximum absolute atomic E-state index is 12.3. The first-order chi connectivity index (χ1) is 9.29. The van der Waals surface area contributed by atoms with Crippen LogP contribution < -0.4 is 0 Å². The molecule has 1 rings (SSSR count). The van der Waals surface area contributed by atoms with Gasteiger partial charge in [-0.1, -0.05) is 55.0 Å². The molecule has 0 aliphatic carbocycles. The van der Waals surface area contributed by atoms with E-state index in [0.29, 0.717) is 11.9 Å². The average Bonchev–Trinajstić information content (AvgIpc) is 2.43. The Balaban J connectivity index is 2.19. The SMILES string of the molecule is CCCCCCCCC(=O)N1CCCCC1CCBr. The van der Waals surface area contributed by atoms with E-state index in [1.165, 1.54) is 51.4 Å². The molecule has 0 aromatic rings. The minimum Gasteiger partial charge on any atom is -0.340 e. The lowest BCUT2D eigenvalue weighted by molar-refractivity contribution is -0.135. The van der Waals surface area contributed by atoms with Gasteiger partial charge in [-0.25, -0.2) is 0 Å². The van der Waals surface area contributed by atoms with Crippen molar-refractivity contribution in [2.75, 3.05) is 11.9 Å². The van der Waals surface area contributed by atoms with E-state index in [9.17, 15) is 4.79 Å². The van der Waals surface area contributed by atoms with Gasteiger partial charge in [0.1, 0.15) is 0 Å². The number of alkyl halides is 1. The third-order valence-electron chi connectivity index (χ3n) is 4.13. The van der Waals surface area contributed by atoms with Gasteiger partial charge in [-0.3, -0.25) is 4.79 Å². The highest BCUT2D eigenvalue weighted by Crippen LogP contribution is 2.22. The van der Waals surface area contributed by atoms with Crippen LogP contribution in [0.2, 0.25) is 0 Å². The number of carbonyl (C=O) groups is 1. The number of hydrogen-bond donors (Lipinski definition) is 0. The lowest BCUT2D eigenvalue weighted by Gasteiger charge is -2.35. The zero-order valence-corrected chi connectivity index (χ0v) is 14.1. The smallest absolute Gasteiger partial charge is 0.222 e. The lowest BCUT2D eigenvalue weighted by Crippen LogP contribution is -2.43. The molecule has 1 fully saturated rings. The molecule has 112 valence electrons. The minimum absolute atomic E-state index is 0.404. The molecule has 1 aliphatic heterocycles. The van der Waals surface area contributed by atoms with E-state index in [1.807, 2.05) is 0 Å². The van der Waals surface area contributed by atoms with Crippen LogP contribution in [0, 0.1) is 0 Å².